The van der Waals surface area contributed by atoms with E-state index in [1.165, 1.54) is 0 Å². The van der Waals surface area contributed by atoms with Crippen LogP contribution in [-0.4, -0.2) is 19.7 Å². The summed E-state index contributed by atoms with van der Waals surface area (Å²) < 4.78 is 2.71. The zero-order valence-corrected chi connectivity index (χ0v) is 12.4. The summed E-state index contributed by atoms with van der Waals surface area (Å²) in [5.74, 6) is 0. The summed E-state index contributed by atoms with van der Waals surface area (Å²) in [5, 5.41) is 9.20. The first kappa shape index (κ1) is 12.3. The molecule has 6 heteroatoms. The lowest BCUT2D eigenvalue weighted by Gasteiger charge is -2.09. The maximum atomic E-state index is 12.0. The molecule has 19 heavy (non-hydrogen) atoms. The molecule has 0 atom stereocenters. The number of benzene rings is 1. The van der Waals surface area contributed by atoms with E-state index >= 15 is 0 Å². The fourth-order valence-electron chi connectivity index (χ4n) is 2.30. The molecule has 0 saturated carbocycles. The molecule has 3 rings (SSSR count). The van der Waals surface area contributed by atoms with Gasteiger partial charge in [-0.3, -0.25) is 9.55 Å². The van der Waals surface area contributed by atoms with Gasteiger partial charge in [0.25, 0.3) is 0 Å². The lowest BCUT2D eigenvalue weighted by Crippen LogP contribution is -2.18. The second-order valence-corrected chi connectivity index (χ2v) is 5.76. The van der Waals surface area contributed by atoms with E-state index in [1.54, 1.807) is 4.57 Å². The quantitative estimate of drug-likeness (QED) is 0.749. The Bertz CT molecular complexity index is 847. The van der Waals surface area contributed by atoms with Gasteiger partial charge in [-0.15, -0.1) is 10.2 Å². The highest BCUT2D eigenvalue weighted by Gasteiger charge is 2.15. The van der Waals surface area contributed by atoms with Crippen LogP contribution in [0.5, 0.6) is 0 Å². The highest BCUT2D eigenvalue weighted by molar-refractivity contribution is 9.10. The lowest BCUT2D eigenvalue weighted by atomic mass is 10.1. The topological polar surface area (TPSA) is 63.6 Å². The summed E-state index contributed by atoms with van der Waals surface area (Å²) in [6.07, 6.45) is 0. The van der Waals surface area contributed by atoms with E-state index in [9.17, 15) is 4.79 Å². The maximum Gasteiger partial charge on any atom is 0.327 e. The molecule has 1 N–H and O–H groups in total. The SMILES string of the molecule is Cc1cc2nnc3[nH]c(=O)n(C(C)C)c3c2cc1Br. The molecular weight excluding hydrogens is 308 g/mol. The second kappa shape index (κ2) is 4.16. The highest BCUT2D eigenvalue weighted by atomic mass is 79.9. The molecule has 2 heterocycles. The van der Waals surface area contributed by atoms with Crippen molar-refractivity contribution >= 4 is 38.0 Å². The second-order valence-electron chi connectivity index (χ2n) is 4.91. The molecule has 98 valence electrons. The van der Waals surface area contributed by atoms with Crippen LogP contribution in [0.15, 0.2) is 21.4 Å². The predicted octanol–water partition coefficient (Wildman–Crippen LogP) is 2.92. The maximum absolute atomic E-state index is 12.0. The van der Waals surface area contributed by atoms with Crippen molar-refractivity contribution < 1.29 is 0 Å². The van der Waals surface area contributed by atoms with E-state index in [-0.39, 0.29) is 11.7 Å². The van der Waals surface area contributed by atoms with Crippen molar-refractivity contribution in [3.63, 3.8) is 0 Å². The Morgan fingerprint density at radius 3 is 2.74 bits per heavy atom. The third kappa shape index (κ3) is 1.78. The van der Waals surface area contributed by atoms with Crippen molar-refractivity contribution in [3.8, 4) is 0 Å². The van der Waals surface area contributed by atoms with Crippen LogP contribution in [0.1, 0.15) is 25.5 Å². The van der Waals surface area contributed by atoms with Crippen LogP contribution in [0, 0.1) is 6.92 Å². The van der Waals surface area contributed by atoms with Crippen LogP contribution in [0.25, 0.3) is 22.1 Å². The molecule has 3 aromatic rings. The van der Waals surface area contributed by atoms with Crippen LogP contribution in [-0.2, 0) is 0 Å². The van der Waals surface area contributed by atoms with E-state index in [2.05, 4.69) is 31.1 Å². The number of nitrogens with zero attached hydrogens (tertiary/aromatic N) is 3. The Hall–Kier alpha value is -1.69. The number of aromatic amines is 1. The first-order chi connectivity index (χ1) is 8.99. The van der Waals surface area contributed by atoms with Crippen molar-refractivity contribution in [3.05, 3.63) is 32.7 Å². The standard InChI is InChI=1S/C13H13BrN4O/c1-6(2)18-11-8-5-9(14)7(3)4-10(8)16-17-12(11)15-13(18)19/h4-6H,1-3H3,(H,15,17,19). The Balaban J connectivity index is 2.58. The molecule has 0 aliphatic rings. The number of aromatic nitrogens is 4. The monoisotopic (exact) mass is 320 g/mol. The van der Waals surface area contributed by atoms with Gasteiger partial charge in [-0.05, 0) is 38.5 Å². The Kier molecular flexibility index (Phi) is 2.70. The number of hydrogen-bond acceptors (Lipinski definition) is 3. The number of rotatable bonds is 1. The molecule has 0 amide bonds. The lowest BCUT2D eigenvalue weighted by molar-refractivity contribution is 0.599. The van der Waals surface area contributed by atoms with Crippen molar-refractivity contribution in [2.24, 2.45) is 0 Å². The number of imidazole rings is 1. The van der Waals surface area contributed by atoms with Crippen LogP contribution in [0.4, 0.5) is 0 Å². The molecule has 0 spiro atoms. The number of aryl methyl sites for hydroxylation is 1. The molecular formula is C13H13BrN4O. The largest absolute Gasteiger partial charge is 0.327 e. The first-order valence-electron chi connectivity index (χ1n) is 6.06. The van der Waals surface area contributed by atoms with Crippen LogP contribution >= 0.6 is 15.9 Å². The van der Waals surface area contributed by atoms with E-state index in [0.717, 1.165) is 26.5 Å². The fraction of sp³-hybridized carbons (Fsp3) is 0.308. The van der Waals surface area contributed by atoms with Gasteiger partial charge in [0.1, 0.15) is 5.52 Å². The first-order valence-corrected chi connectivity index (χ1v) is 6.85. The van der Waals surface area contributed by atoms with Gasteiger partial charge >= 0.3 is 5.69 Å². The van der Waals surface area contributed by atoms with Crippen molar-refractivity contribution in [2.45, 2.75) is 26.8 Å². The number of hydrogen-bond donors (Lipinski definition) is 1. The molecule has 0 bridgehead atoms. The summed E-state index contributed by atoms with van der Waals surface area (Å²) in [7, 11) is 0. The van der Waals surface area contributed by atoms with Gasteiger partial charge in [-0.2, -0.15) is 0 Å². The van der Waals surface area contributed by atoms with Crippen LogP contribution < -0.4 is 5.69 Å². The predicted molar refractivity (Wildman–Crippen MR) is 78.5 cm³/mol. The molecule has 0 aliphatic carbocycles. The van der Waals surface area contributed by atoms with Crippen molar-refractivity contribution in [1.82, 2.24) is 19.7 Å². The Morgan fingerprint density at radius 1 is 1.32 bits per heavy atom. The molecule has 0 unspecified atom stereocenters. The zero-order valence-electron chi connectivity index (χ0n) is 10.9. The molecule has 0 aliphatic heterocycles. The third-order valence-electron chi connectivity index (χ3n) is 3.22. The van der Waals surface area contributed by atoms with Crippen LogP contribution in [0.3, 0.4) is 0 Å². The van der Waals surface area contributed by atoms with E-state index in [1.807, 2.05) is 32.9 Å². The Labute approximate surface area is 117 Å². The van der Waals surface area contributed by atoms with Crippen LogP contribution in [0.2, 0.25) is 0 Å². The highest BCUT2D eigenvalue weighted by Crippen LogP contribution is 2.27. The summed E-state index contributed by atoms with van der Waals surface area (Å²) in [6.45, 7) is 5.95. The molecule has 0 saturated heterocycles. The average Bonchev–Trinajstić information content (AvgIpc) is 2.67. The third-order valence-corrected chi connectivity index (χ3v) is 4.07. The minimum absolute atomic E-state index is 0.0636. The summed E-state index contributed by atoms with van der Waals surface area (Å²) in [4.78, 5) is 14.8. The van der Waals surface area contributed by atoms with Gasteiger partial charge < -0.3 is 0 Å². The van der Waals surface area contributed by atoms with E-state index < -0.39 is 0 Å². The zero-order chi connectivity index (χ0) is 13.7. The molecule has 0 radical (unpaired) electrons. The summed E-state index contributed by atoms with van der Waals surface area (Å²) in [6, 6.07) is 4.02. The van der Waals surface area contributed by atoms with Gasteiger partial charge in [0.2, 0.25) is 0 Å². The van der Waals surface area contributed by atoms with Gasteiger partial charge in [0, 0.05) is 15.9 Å². The fourth-order valence-corrected chi connectivity index (χ4v) is 2.64. The number of nitrogens with one attached hydrogen (secondary N) is 1. The summed E-state index contributed by atoms with van der Waals surface area (Å²) in [5.41, 5.74) is 3.08. The molecule has 2 aromatic heterocycles. The number of fused-ring (bicyclic) bond motifs is 3. The minimum atomic E-state index is -0.150. The summed E-state index contributed by atoms with van der Waals surface area (Å²) >= 11 is 3.52. The van der Waals surface area contributed by atoms with Gasteiger partial charge in [0.05, 0.1) is 5.52 Å². The number of H-pyrrole nitrogens is 1. The Morgan fingerprint density at radius 2 is 2.05 bits per heavy atom. The molecule has 5 nitrogen and oxygen atoms in total. The van der Waals surface area contributed by atoms with E-state index in [4.69, 9.17) is 0 Å². The minimum Gasteiger partial charge on any atom is -0.289 e. The number of halogens is 1. The van der Waals surface area contributed by atoms with Gasteiger partial charge in [-0.25, -0.2) is 4.79 Å². The smallest absolute Gasteiger partial charge is 0.289 e. The molecule has 0 fully saturated rings. The molecule has 1 aromatic carbocycles. The van der Waals surface area contributed by atoms with Gasteiger partial charge in [-0.1, -0.05) is 15.9 Å². The average molecular weight is 321 g/mol. The normalized spacial score (nSPS) is 11.8. The van der Waals surface area contributed by atoms with Crippen molar-refractivity contribution in [1.29, 1.82) is 0 Å². The van der Waals surface area contributed by atoms with Crippen molar-refractivity contribution in [2.75, 3.05) is 0 Å². The van der Waals surface area contributed by atoms with Gasteiger partial charge in [0.15, 0.2) is 5.65 Å². The van der Waals surface area contributed by atoms with E-state index in [0.29, 0.717) is 5.65 Å².